The van der Waals surface area contributed by atoms with Crippen LogP contribution in [0.5, 0.6) is 0 Å². The SMILES string of the molecule is CC1CNCC1N1CCN2C(=O)NCC2C1. The van der Waals surface area contributed by atoms with Crippen molar-refractivity contribution >= 4 is 6.03 Å². The normalized spacial score (nSPS) is 39.9. The summed E-state index contributed by atoms with van der Waals surface area (Å²) in [6.07, 6.45) is 0. The molecule has 0 aromatic heterocycles. The summed E-state index contributed by atoms with van der Waals surface area (Å²) in [4.78, 5) is 16.0. The topological polar surface area (TPSA) is 47.6 Å². The number of rotatable bonds is 1. The van der Waals surface area contributed by atoms with E-state index in [-0.39, 0.29) is 6.03 Å². The Balaban J connectivity index is 1.65. The van der Waals surface area contributed by atoms with Crippen LogP contribution in [-0.2, 0) is 0 Å². The van der Waals surface area contributed by atoms with E-state index in [0.717, 1.165) is 45.2 Å². The fraction of sp³-hybridized carbons (Fsp3) is 0.909. The molecule has 3 rings (SSSR count). The molecule has 0 saturated carbocycles. The van der Waals surface area contributed by atoms with Crippen molar-refractivity contribution in [3.63, 3.8) is 0 Å². The van der Waals surface area contributed by atoms with E-state index in [0.29, 0.717) is 12.1 Å². The van der Waals surface area contributed by atoms with Crippen LogP contribution in [0, 0.1) is 5.92 Å². The fourth-order valence-corrected chi connectivity index (χ4v) is 3.21. The molecule has 3 fully saturated rings. The molecule has 0 radical (unpaired) electrons. The molecule has 5 nitrogen and oxygen atoms in total. The molecule has 0 aromatic carbocycles. The first kappa shape index (κ1) is 10.4. The maximum atomic E-state index is 11.5. The zero-order valence-corrected chi connectivity index (χ0v) is 9.78. The van der Waals surface area contributed by atoms with Crippen LogP contribution >= 0.6 is 0 Å². The third-order valence-electron chi connectivity index (χ3n) is 4.21. The number of nitrogens with zero attached hydrogens (tertiary/aromatic N) is 2. The Bertz CT molecular complexity index is 296. The Labute approximate surface area is 96.2 Å². The average Bonchev–Trinajstić information content (AvgIpc) is 2.86. The Kier molecular flexibility index (Phi) is 2.52. The van der Waals surface area contributed by atoms with E-state index in [2.05, 4.69) is 22.5 Å². The Morgan fingerprint density at radius 1 is 1.25 bits per heavy atom. The molecule has 3 atom stereocenters. The van der Waals surface area contributed by atoms with Crippen LogP contribution in [0.1, 0.15) is 6.92 Å². The molecule has 0 bridgehead atoms. The summed E-state index contributed by atoms with van der Waals surface area (Å²) in [5, 5.41) is 6.38. The predicted molar refractivity (Wildman–Crippen MR) is 61.3 cm³/mol. The van der Waals surface area contributed by atoms with Gasteiger partial charge in [0.1, 0.15) is 0 Å². The summed E-state index contributed by atoms with van der Waals surface area (Å²) in [7, 11) is 0. The quantitative estimate of drug-likeness (QED) is 0.619. The van der Waals surface area contributed by atoms with Crippen LogP contribution in [-0.4, -0.2) is 67.2 Å². The molecular weight excluding hydrogens is 204 g/mol. The van der Waals surface area contributed by atoms with Crippen molar-refractivity contribution in [1.29, 1.82) is 0 Å². The van der Waals surface area contributed by atoms with Gasteiger partial charge in [-0.1, -0.05) is 6.92 Å². The Hall–Kier alpha value is -0.810. The summed E-state index contributed by atoms with van der Waals surface area (Å²) in [5.41, 5.74) is 0. The largest absolute Gasteiger partial charge is 0.336 e. The van der Waals surface area contributed by atoms with Gasteiger partial charge in [-0.3, -0.25) is 4.90 Å². The van der Waals surface area contributed by atoms with Crippen molar-refractivity contribution < 1.29 is 4.79 Å². The number of hydrogen-bond acceptors (Lipinski definition) is 3. The minimum atomic E-state index is 0.127. The highest BCUT2D eigenvalue weighted by atomic mass is 16.2. The highest BCUT2D eigenvalue weighted by Crippen LogP contribution is 2.21. The average molecular weight is 224 g/mol. The number of hydrogen-bond donors (Lipinski definition) is 2. The van der Waals surface area contributed by atoms with E-state index >= 15 is 0 Å². The lowest BCUT2D eigenvalue weighted by molar-refractivity contribution is 0.0813. The van der Waals surface area contributed by atoms with Crippen LogP contribution < -0.4 is 10.6 Å². The standard InChI is InChI=1S/C11H20N4O/c1-8-4-12-6-10(8)14-2-3-15-9(7-14)5-13-11(15)16/h8-10,12H,2-7H2,1H3,(H,13,16). The first-order valence-corrected chi connectivity index (χ1v) is 6.25. The molecule has 3 aliphatic heterocycles. The number of piperazine rings is 1. The summed E-state index contributed by atoms with van der Waals surface area (Å²) >= 11 is 0. The number of fused-ring (bicyclic) bond motifs is 1. The van der Waals surface area contributed by atoms with Gasteiger partial charge in [0.05, 0.1) is 6.04 Å². The van der Waals surface area contributed by atoms with Crippen LogP contribution in [0.2, 0.25) is 0 Å². The van der Waals surface area contributed by atoms with Crippen LogP contribution in [0.15, 0.2) is 0 Å². The summed E-state index contributed by atoms with van der Waals surface area (Å²) < 4.78 is 0. The van der Waals surface area contributed by atoms with Gasteiger partial charge in [0.2, 0.25) is 0 Å². The van der Waals surface area contributed by atoms with Gasteiger partial charge in [-0.2, -0.15) is 0 Å². The van der Waals surface area contributed by atoms with Crippen LogP contribution in [0.25, 0.3) is 0 Å². The zero-order valence-electron chi connectivity index (χ0n) is 9.78. The lowest BCUT2D eigenvalue weighted by atomic mass is 10.0. The van der Waals surface area contributed by atoms with E-state index in [1.807, 2.05) is 4.90 Å². The van der Waals surface area contributed by atoms with Gasteiger partial charge < -0.3 is 15.5 Å². The number of carbonyl (C=O) groups excluding carboxylic acids is 1. The maximum Gasteiger partial charge on any atom is 0.317 e. The van der Waals surface area contributed by atoms with Gasteiger partial charge in [-0.15, -0.1) is 0 Å². The van der Waals surface area contributed by atoms with E-state index < -0.39 is 0 Å². The second kappa shape index (κ2) is 3.89. The molecule has 16 heavy (non-hydrogen) atoms. The molecular formula is C11H20N4O. The molecule has 90 valence electrons. The second-order valence-corrected chi connectivity index (χ2v) is 5.23. The van der Waals surface area contributed by atoms with Crippen molar-refractivity contribution in [2.24, 2.45) is 5.92 Å². The highest BCUT2D eigenvalue weighted by molar-refractivity contribution is 5.77. The third-order valence-corrected chi connectivity index (χ3v) is 4.21. The molecule has 3 aliphatic rings. The smallest absolute Gasteiger partial charge is 0.317 e. The minimum absolute atomic E-state index is 0.127. The van der Waals surface area contributed by atoms with E-state index in [1.54, 1.807) is 0 Å². The van der Waals surface area contributed by atoms with E-state index in [4.69, 9.17) is 0 Å². The van der Waals surface area contributed by atoms with Crippen molar-refractivity contribution in [1.82, 2.24) is 20.4 Å². The summed E-state index contributed by atoms with van der Waals surface area (Å²) in [5.74, 6) is 0.733. The maximum absolute atomic E-state index is 11.5. The number of urea groups is 1. The Morgan fingerprint density at radius 2 is 2.12 bits per heavy atom. The first-order valence-electron chi connectivity index (χ1n) is 6.25. The van der Waals surface area contributed by atoms with Gasteiger partial charge in [0.25, 0.3) is 0 Å². The molecule has 2 amide bonds. The lowest BCUT2D eigenvalue weighted by Crippen LogP contribution is -2.56. The summed E-state index contributed by atoms with van der Waals surface area (Å²) in [6.45, 7) is 8.33. The predicted octanol–water partition coefficient (Wildman–Crippen LogP) is -0.696. The van der Waals surface area contributed by atoms with Crippen molar-refractivity contribution in [3.05, 3.63) is 0 Å². The van der Waals surface area contributed by atoms with E-state index in [9.17, 15) is 4.79 Å². The minimum Gasteiger partial charge on any atom is -0.336 e. The monoisotopic (exact) mass is 224 g/mol. The fourth-order valence-electron chi connectivity index (χ4n) is 3.21. The number of carbonyl (C=O) groups is 1. The van der Waals surface area contributed by atoms with Gasteiger partial charge in [0, 0.05) is 38.8 Å². The molecule has 0 aromatic rings. The molecule has 2 N–H and O–H groups in total. The third kappa shape index (κ3) is 1.58. The number of amides is 2. The van der Waals surface area contributed by atoms with Crippen molar-refractivity contribution in [3.8, 4) is 0 Å². The molecule has 5 heteroatoms. The van der Waals surface area contributed by atoms with Gasteiger partial charge in [-0.05, 0) is 12.5 Å². The van der Waals surface area contributed by atoms with Crippen molar-refractivity contribution in [2.45, 2.75) is 19.0 Å². The summed E-state index contributed by atoms with van der Waals surface area (Å²) in [6, 6.07) is 1.19. The van der Waals surface area contributed by atoms with Gasteiger partial charge in [0.15, 0.2) is 0 Å². The van der Waals surface area contributed by atoms with Crippen LogP contribution in [0.4, 0.5) is 4.79 Å². The number of nitrogens with one attached hydrogen (secondary N) is 2. The lowest BCUT2D eigenvalue weighted by Gasteiger charge is -2.40. The molecule has 3 saturated heterocycles. The van der Waals surface area contributed by atoms with E-state index in [1.165, 1.54) is 0 Å². The van der Waals surface area contributed by atoms with Crippen LogP contribution in [0.3, 0.4) is 0 Å². The Morgan fingerprint density at radius 3 is 2.88 bits per heavy atom. The second-order valence-electron chi connectivity index (χ2n) is 5.23. The van der Waals surface area contributed by atoms with Gasteiger partial charge in [-0.25, -0.2) is 4.79 Å². The molecule has 3 unspecified atom stereocenters. The van der Waals surface area contributed by atoms with Crippen molar-refractivity contribution in [2.75, 3.05) is 39.3 Å². The van der Waals surface area contributed by atoms with Gasteiger partial charge >= 0.3 is 6.03 Å². The molecule has 0 spiro atoms. The highest BCUT2D eigenvalue weighted by Gasteiger charge is 2.39. The zero-order chi connectivity index (χ0) is 11.1. The molecule has 0 aliphatic carbocycles. The molecule has 3 heterocycles. The first-order chi connectivity index (χ1) is 7.75.